The zero-order valence-electron chi connectivity index (χ0n) is 12.1. The first-order valence-corrected chi connectivity index (χ1v) is 6.32. The molecule has 0 aromatic carbocycles. The molecular formula is C14H18N4O2. The molecule has 20 heavy (non-hydrogen) atoms. The van der Waals surface area contributed by atoms with Crippen LogP contribution in [0.2, 0.25) is 0 Å². The van der Waals surface area contributed by atoms with Gasteiger partial charge >= 0.3 is 0 Å². The van der Waals surface area contributed by atoms with E-state index in [9.17, 15) is 4.79 Å². The summed E-state index contributed by atoms with van der Waals surface area (Å²) in [7, 11) is 3.39. The van der Waals surface area contributed by atoms with Crippen molar-refractivity contribution in [1.82, 2.24) is 14.9 Å². The van der Waals surface area contributed by atoms with Gasteiger partial charge in [0.15, 0.2) is 0 Å². The van der Waals surface area contributed by atoms with Crippen LogP contribution in [0.3, 0.4) is 0 Å². The van der Waals surface area contributed by atoms with Crippen molar-refractivity contribution in [2.75, 3.05) is 19.4 Å². The van der Waals surface area contributed by atoms with E-state index in [2.05, 4.69) is 15.3 Å². The van der Waals surface area contributed by atoms with Gasteiger partial charge in [-0.25, -0.2) is 4.98 Å². The van der Waals surface area contributed by atoms with Gasteiger partial charge in [0, 0.05) is 26.0 Å². The molecule has 1 N–H and O–H groups in total. The summed E-state index contributed by atoms with van der Waals surface area (Å²) in [6, 6.07) is 3.51. The molecule has 0 unspecified atom stereocenters. The fourth-order valence-electron chi connectivity index (χ4n) is 1.68. The standard InChI is InChI=1S/C14H18N4O2/c1-9-10(2)20-13(17-9)8-16-11-5-6-15-12(7-11)14(19)18(3)4/h5-7H,8H2,1-4H3,(H,15,16). The molecule has 0 aliphatic carbocycles. The van der Waals surface area contributed by atoms with Crippen molar-refractivity contribution in [3.63, 3.8) is 0 Å². The smallest absolute Gasteiger partial charge is 0.272 e. The third-order valence-corrected chi connectivity index (χ3v) is 2.90. The Morgan fingerprint density at radius 3 is 2.75 bits per heavy atom. The molecule has 0 bridgehead atoms. The van der Waals surface area contributed by atoms with Crippen LogP contribution >= 0.6 is 0 Å². The fraction of sp³-hybridized carbons (Fsp3) is 0.357. The maximum atomic E-state index is 11.8. The number of rotatable bonds is 4. The van der Waals surface area contributed by atoms with Crippen LogP contribution in [0.25, 0.3) is 0 Å². The van der Waals surface area contributed by atoms with Crippen LogP contribution in [-0.4, -0.2) is 34.9 Å². The van der Waals surface area contributed by atoms with Crippen LogP contribution in [-0.2, 0) is 6.54 Å². The lowest BCUT2D eigenvalue weighted by molar-refractivity contribution is 0.0822. The molecule has 106 valence electrons. The molecule has 0 saturated carbocycles. The van der Waals surface area contributed by atoms with E-state index >= 15 is 0 Å². The van der Waals surface area contributed by atoms with Crippen molar-refractivity contribution < 1.29 is 9.21 Å². The van der Waals surface area contributed by atoms with Crippen LogP contribution in [0, 0.1) is 13.8 Å². The molecule has 0 aliphatic rings. The van der Waals surface area contributed by atoms with E-state index in [1.165, 1.54) is 4.90 Å². The molecule has 6 heteroatoms. The van der Waals surface area contributed by atoms with E-state index in [1.54, 1.807) is 32.4 Å². The minimum atomic E-state index is -0.128. The Morgan fingerprint density at radius 2 is 2.15 bits per heavy atom. The van der Waals surface area contributed by atoms with Gasteiger partial charge in [-0.2, -0.15) is 0 Å². The quantitative estimate of drug-likeness (QED) is 0.923. The molecule has 0 atom stereocenters. The van der Waals surface area contributed by atoms with Crippen molar-refractivity contribution in [3.8, 4) is 0 Å². The highest BCUT2D eigenvalue weighted by atomic mass is 16.4. The lowest BCUT2D eigenvalue weighted by Crippen LogP contribution is -2.22. The Bertz CT molecular complexity index is 600. The molecular weight excluding hydrogens is 256 g/mol. The van der Waals surface area contributed by atoms with Gasteiger partial charge in [0.2, 0.25) is 5.89 Å². The number of oxazole rings is 1. The Morgan fingerprint density at radius 1 is 1.40 bits per heavy atom. The number of pyridine rings is 1. The molecule has 0 fully saturated rings. The number of aromatic nitrogens is 2. The lowest BCUT2D eigenvalue weighted by atomic mass is 10.3. The zero-order valence-corrected chi connectivity index (χ0v) is 12.1. The van der Waals surface area contributed by atoms with Gasteiger partial charge in [-0.1, -0.05) is 0 Å². The zero-order chi connectivity index (χ0) is 14.7. The molecule has 0 saturated heterocycles. The number of aryl methyl sites for hydroxylation is 2. The largest absolute Gasteiger partial charge is 0.444 e. The summed E-state index contributed by atoms with van der Waals surface area (Å²) < 4.78 is 5.49. The highest BCUT2D eigenvalue weighted by molar-refractivity contribution is 5.92. The van der Waals surface area contributed by atoms with Crippen LogP contribution < -0.4 is 5.32 Å². The maximum absolute atomic E-state index is 11.8. The lowest BCUT2D eigenvalue weighted by Gasteiger charge is -2.10. The molecule has 0 radical (unpaired) electrons. The Hall–Kier alpha value is -2.37. The van der Waals surface area contributed by atoms with Crippen molar-refractivity contribution in [3.05, 3.63) is 41.4 Å². The minimum Gasteiger partial charge on any atom is -0.444 e. The second kappa shape index (κ2) is 5.73. The van der Waals surface area contributed by atoms with Crippen molar-refractivity contribution in [2.24, 2.45) is 0 Å². The number of nitrogens with one attached hydrogen (secondary N) is 1. The Balaban J connectivity index is 2.06. The number of hydrogen-bond acceptors (Lipinski definition) is 5. The monoisotopic (exact) mass is 274 g/mol. The van der Waals surface area contributed by atoms with Gasteiger partial charge in [0.05, 0.1) is 12.2 Å². The molecule has 0 aliphatic heterocycles. The van der Waals surface area contributed by atoms with Gasteiger partial charge in [-0.3, -0.25) is 9.78 Å². The maximum Gasteiger partial charge on any atom is 0.272 e. The van der Waals surface area contributed by atoms with Crippen molar-refractivity contribution >= 4 is 11.6 Å². The van der Waals surface area contributed by atoms with Gasteiger partial charge in [-0.05, 0) is 26.0 Å². The van der Waals surface area contributed by atoms with E-state index in [1.807, 2.05) is 13.8 Å². The van der Waals surface area contributed by atoms with E-state index < -0.39 is 0 Å². The number of carbonyl (C=O) groups is 1. The Labute approximate surface area is 117 Å². The van der Waals surface area contributed by atoms with E-state index in [0.29, 0.717) is 18.1 Å². The van der Waals surface area contributed by atoms with Crippen LogP contribution in [0.5, 0.6) is 0 Å². The predicted octanol–water partition coefficient (Wildman–Crippen LogP) is 2.00. The number of nitrogens with zero attached hydrogens (tertiary/aromatic N) is 3. The summed E-state index contributed by atoms with van der Waals surface area (Å²) in [5, 5.41) is 3.17. The topological polar surface area (TPSA) is 71.3 Å². The second-order valence-electron chi connectivity index (χ2n) is 4.73. The average molecular weight is 274 g/mol. The first-order valence-electron chi connectivity index (χ1n) is 6.32. The molecule has 1 amide bonds. The number of carbonyl (C=O) groups excluding carboxylic acids is 1. The summed E-state index contributed by atoms with van der Waals surface area (Å²) in [6.07, 6.45) is 1.60. The van der Waals surface area contributed by atoms with E-state index in [4.69, 9.17) is 4.42 Å². The van der Waals surface area contributed by atoms with Crippen molar-refractivity contribution in [2.45, 2.75) is 20.4 Å². The molecule has 6 nitrogen and oxygen atoms in total. The van der Waals surface area contributed by atoms with Gasteiger partial charge in [0.1, 0.15) is 11.5 Å². The summed E-state index contributed by atoms with van der Waals surface area (Å²) in [5.74, 6) is 1.31. The van der Waals surface area contributed by atoms with Crippen molar-refractivity contribution in [1.29, 1.82) is 0 Å². The fourth-order valence-corrected chi connectivity index (χ4v) is 1.68. The van der Waals surface area contributed by atoms with Crippen LogP contribution in [0.4, 0.5) is 5.69 Å². The number of hydrogen-bond donors (Lipinski definition) is 1. The number of amides is 1. The molecule has 2 aromatic heterocycles. The van der Waals surface area contributed by atoms with Crippen LogP contribution in [0.1, 0.15) is 27.8 Å². The third-order valence-electron chi connectivity index (χ3n) is 2.90. The first kappa shape index (κ1) is 14.0. The Kier molecular flexibility index (Phi) is 4.02. The van der Waals surface area contributed by atoms with E-state index in [-0.39, 0.29) is 5.91 Å². The minimum absolute atomic E-state index is 0.128. The highest BCUT2D eigenvalue weighted by Gasteiger charge is 2.10. The van der Waals surface area contributed by atoms with Gasteiger partial charge < -0.3 is 14.6 Å². The van der Waals surface area contributed by atoms with E-state index in [0.717, 1.165) is 17.1 Å². The molecule has 2 rings (SSSR count). The summed E-state index contributed by atoms with van der Waals surface area (Å²) >= 11 is 0. The molecule has 2 aromatic rings. The summed E-state index contributed by atoms with van der Waals surface area (Å²) in [6.45, 7) is 4.25. The third kappa shape index (κ3) is 3.14. The number of anilines is 1. The summed E-state index contributed by atoms with van der Waals surface area (Å²) in [5.41, 5.74) is 2.10. The summed E-state index contributed by atoms with van der Waals surface area (Å²) in [4.78, 5) is 21.7. The van der Waals surface area contributed by atoms with Gasteiger partial charge in [-0.15, -0.1) is 0 Å². The normalized spacial score (nSPS) is 10.4. The second-order valence-corrected chi connectivity index (χ2v) is 4.73. The molecule has 2 heterocycles. The first-order chi connectivity index (χ1) is 9.47. The van der Waals surface area contributed by atoms with Crippen LogP contribution in [0.15, 0.2) is 22.7 Å². The SMILES string of the molecule is Cc1nc(CNc2ccnc(C(=O)N(C)C)c2)oc1C. The average Bonchev–Trinajstić information content (AvgIpc) is 2.75. The molecule has 0 spiro atoms. The highest BCUT2D eigenvalue weighted by Crippen LogP contribution is 2.13. The predicted molar refractivity (Wildman–Crippen MR) is 75.6 cm³/mol. The van der Waals surface area contributed by atoms with Gasteiger partial charge in [0.25, 0.3) is 5.91 Å².